The highest BCUT2D eigenvalue weighted by molar-refractivity contribution is 5.99. The van der Waals surface area contributed by atoms with Crippen molar-refractivity contribution in [1.82, 2.24) is 20.0 Å². The Labute approximate surface area is 134 Å². The van der Waals surface area contributed by atoms with Crippen LogP contribution < -0.4 is 4.90 Å². The molecule has 0 radical (unpaired) electrons. The lowest BCUT2D eigenvalue weighted by molar-refractivity contribution is 0.145. The highest BCUT2D eigenvalue weighted by Crippen LogP contribution is 2.32. The number of aliphatic hydroxyl groups excluding tert-OH is 1. The number of aliphatic hydroxyl groups is 1. The van der Waals surface area contributed by atoms with Gasteiger partial charge in [0.1, 0.15) is 5.69 Å². The molecular weight excluding hydrogens is 290 g/mol. The van der Waals surface area contributed by atoms with Gasteiger partial charge in [0, 0.05) is 37.1 Å². The topological polar surface area (TPSA) is 67.1 Å². The van der Waals surface area contributed by atoms with Gasteiger partial charge >= 0.3 is 0 Å². The molecule has 1 saturated heterocycles. The van der Waals surface area contributed by atoms with Crippen molar-refractivity contribution < 1.29 is 5.11 Å². The quantitative estimate of drug-likeness (QED) is 0.784. The second-order valence-electron chi connectivity index (χ2n) is 5.98. The number of fused-ring (bicyclic) bond motifs is 1. The fraction of sp³-hybridized carbons (Fsp3) is 0.353. The van der Waals surface area contributed by atoms with E-state index in [9.17, 15) is 5.11 Å². The molecule has 1 aliphatic heterocycles. The van der Waals surface area contributed by atoms with Crippen molar-refractivity contribution in [2.75, 3.05) is 18.0 Å². The first-order valence-corrected chi connectivity index (χ1v) is 7.91. The van der Waals surface area contributed by atoms with Gasteiger partial charge in [0.05, 0.1) is 11.8 Å². The number of piperidine rings is 1. The highest BCUT2D eigenvalue weighted by atomic mass is 16.3. The van der Waals surface area contributed by atoms with Crippen LogP contribution >= 0.6 is 0 Å². The summed E-state index contributed by atoms with van der Waals surface area (Å²) in [6, 6.07) is 10.2. The number of nitrogens with zero attached hydrogens (tertiary/aromatic N) is 5. The number of benzene rings is 1. The minimum absolute atomic E-state index is 0.195. The van der Waals surface area contributed by atoms with Crippen LogP contribution in [0, 0.1) is 0 Å². The van der Waals surface area contributed by atoms with Crippen LogP contribution in [0.5, 0.6) is 0 Å². The van der Waals surface area contributed by atoms with Crippen molar-refractivity contribution in [3.8, 4) is 11.4 Å². The smallest absolute Gasteiger partial charge is 0.159 e. The molecule has 1 fully saturated rings. The maximum Gasteiger partial charge on any atom is 0.159 e. The van der Waals surface area contributed by atoms with Gasteiger partial charge in [-0.1, -0.05) is 24.3 Å². The Bertz CT molecular complexity index is 836. The van der Waals surface area contributed by atoms with Crippen molar-refractivity contribution in [1.29, 1.82) is 0 Å². The van der Waals surface area contributed by atoms with Gasteiger partial charge < -0.3 is 10.0 Å². The first-order chi connectivity index (χ1) is 11.2. The molecule has 3 heterocycles. The van der Waals surface area contributed by atoms with Crippen molar-refractivity contribution in [3.05, 3.63) is 36.5 Å². The molecule has 0 bridgehead atoms. The molecule has 2 aromatic heterocycles. The Hall–Kier alpha value is -2.47. The fourth-order valence-corrected chi connectivity index (χ4v) is 3.20. The number of hydrogen-bond donors (Lipinski definition) is 1. The van der Waals surface area contributed by atoms with E-state index in [0.29, 0.717) is 0 Å². The zero-order valence-electron chi connectivity index (χ0n) is 13.1. The predicted octanol–water partition coefficient (Wildman–Crippen LogP) is 1.99. The summed E-state index contributed by atoms with van der Waals surface area (Å²) in [6.07, 6.45) is 3.13. The molecule has 23 heavy (non-hydrogen) atoms. The number of aryl methyl sites for hydroxylation is 1. The lowest BCUT2D eigenvalue weighted by Crippen LogP contribution is -2.36. The second kappa shape index (κ2) is 5.62. The van der Waals surface area contributed by atoms with Crippen LogP contribution in [0.15, 0.2) is 36.5 Å². The monoisotopic (exact) mass is 309 g/mol. The lowest BCUT2D eigenvalue weighted by atomic mass is 10.1. The summed E-state index contributed by atoms with van der Waals surface area (Å²) in [4.78, 5) is 2.22. The maximum atomic E-state index is 9.71. The molecule has 6 nitrogen and oxygen atoms in total. The Morgan fingerprint density at radius 1 is 1.04 bits per heavy atom. The summed E-state index contributed by atoms with van der Waals surface area (Å²) in [5.41, 5.74) is 1.80. The van der Waals surface area contributed by atoms with E-state index in [-0.39, 0.29) is 6.10 Å². The molecule has 0 aliphatic carbocycles. The first kappa shape index (κ1) is 14.1. The van der Waals surface area contributed by atoms with Gasteiger partial charge in [-0.25, -0.2) is 0 Å². The number of hydrogen-bond acceptors (Lipinski definition) is 5. The zero-order chi connectivity index (χ0) is 15.8. The largest absolute Gasteiger partial charge is 0.393 e. The Balaban J connectivity index is 1.84. The summed E-state index contributed by atoms with van der Waals surface area (Å²) < 4.78 is 1.81. The lowest BCUT2D eigenvalue weighted by Gasteiger charge is -2.31. The Morgan fingerprint density at radius 2 is 1.78 bits per heavy atom. The number of anilines is 1. The van der Waals surface area contributed by atoms with Crippen molar-refractivity contribution >= 4 is 16.6 Å². The molecule has 0 spiro atoms. The van der Waals surface area contributed by atoms with Crippen LogP contribution in [0.3, 0.4) is 0 Å². The molecule has 1 aromatic carbocycles. The van der Waals surface area contributed by atoms with E-state index in [2.05, 4.69) is 32.3 Å². The second-order valence-corrected chi connectivity index (χ2v) is 5.98. The normalized spacial score (nSPS) is 16.2. The van der Waals surface area contributed by atoms with Crippen LogP contribution in [0.1, 0.15) is 12.8 Å². The first-order valence-electron chi connectivity index (χ1n) is 7.91. The molecule has 4 rings (SSSR count). The molecule has 0 unspecified atom stereocenters. The molecule has 0 atom stereocenters. The van der Waals surface area contributed by atoms with E-state index in [1.54, 1.807) is 6.20 Å². The molecule has 118 valence electrons. The molecule has 3 aromatic rings. The summed E-state index contributed by atoms with van der Waals surface area (Å²) in [6.45, 7) is 1.62. The van der Waals surface area contributed by atoms with Gasteiger partial charge in [-0.2, -0.15) is 5.10 Å². The van der Waals surface area contributed by atoms with E-state index >= 15 is 0 Å². The van der Waals surface area contributed by atoms with Gasteiger partial charge in [0.2, 0.25) is 0 Å². The molecule has 0 saturated carbocycles. The third kappa shape index (κ3) is 2.45. The summed E-state index contributed by atoms with van der Waals surface area (Å²) in [7, 11) is 1.91. The van der Waals surface area contributed by atoms with Crippen LogP contribution in [0.2, 0.25) is 0 Å². The van der Waals surface area contributed by atoms with E-state index in [1.165, 1.54) is 0 Å². The predicted molar refractivity (Wildman–Crippen MR) is 89.2 cm³/mol. The van der Waals surface area contributed by atoms with Crippen LogP contribution in [0.4, 0.5) is 5.82 Å². The average molecular weight is 309 g/mol. The van der Waals surface area contributed by atoms with E-state index in [0.717, 1.165) is 53.9 Å². The summed E-state index contributed by atoms with van der Waals surface area (Å²) >= 11 is 0. The van der Waals surface area contributed by atoms with Gasteiger partial charge in [0.25, 0.3) is 0 Å². The van der Waals surface area contributed by atoms with E-state index < -0.39 is 0 Å². The van der Waals surface area contributed by atoms with E-state index in [4.69, 9.17) is 0 Å². The minimum atomic E-state index is -0.195. The van der Waals surface area contributed by atoms with Gasteiger partial charge in [-0.15, -0.1) is 10.2 Å². The minimum Gasteiger partial charge on any atom is -0.393 e. The number of rotatable bonds is 2. The van der Waals surface area contributed by atoms with Crippen molar-refractivity contribution in [3.63, 3.8) is 0 Å². The molecule has 0 amide bonds. The molecule has 6 heteroatoms. The van der Waals surface area contributed by atoms with Gasteiger partial charge in [-0.05, 0) is 18.9 Å². The summed E-state index contributed by atoms with van der Waals surface area (Å²) in [5.74, 6) is 0.901. The third-order valence-electron chi connectivity index (χ3n) is 4.50. The molecular formula is C17H19N5O. The fourth-order valence-electron chi connectivity index (χ4n) is 3.20. The summed E-state index contributed by atoms with van der Waals surface area (Å²) in [5, 5.41) is 25.1. The Kier molecular flexibility index (Phi) is 3.46. The SMILES string of the molecule is Cn1nccc1-c1nnc(N2CCC(O)CC2)c2ccccc12. The van der Waals surface area contributed by atoms with Crippen LogP contribution in [-0.2, 0) is 7.05 Å². The standard InChI is InChI=1S/C17H19N5O/c1-21-15(6-9-18-21)16-13-4-2-3-5-14(13)17(20-19-16)22-10-7-12(23)8-11-22/h2-6,9,12,23H,7-8,10-11H2,1H3. The third-order valence-corrected chi connectivity index (χ3v) is 4.50. The van der Waals surface area contributed by atoms with Crippen LogP contribution in [-0.4, -0.2) is 44.3 Å². The zero-order valence-corrected chi connectivity index (χ0v) is 13.1. The average Bonchev–Trinajstić information content (AvgIpc) is 3.01. The van der Waals surface area contributed by atoms with Gasteiger partial charge in [-0.3, -0.25) is 4.68 Å². The molecule has 1 N–H and O–H groups in total. The number of aromatic nitrogens is 4. The Morgan fingerprint density at radius 3 is 2.48 bits per heavy atom. The van der Waals surface area contributed by atoms with Crippen LogP contribution in [0.25, 0.3) is 22.2 Å². The van der Waals surface area contributed by atoms with Gasteiger partial charge in [0.15, 0.2) is 5.82 Å². The van der Waals surface area contributed by atoms with Crippen molar-refractivity contribution in [2.24, 2.45) is 7.05 Å². The highest BCUT2D eigenvalue weighted by Gasteiger charge is 2.21. The molecule has 1 aliphatic rings. The maximum absolute atomic E-state index is 9.71. The van der Waals surface area contributed by atoms with E-state index in [1.807, 2.05) is 29.9 Å². The van der Waals surface area contributed by atoms with Crippen molar-refractivity contribution in [2.45, 2.75) is 18.9 Å².